The largest absolute Gasteiger partial charge is 0.451 e. The predicted octanol–water partition coefficient (Wildman–Crippen LogP) is 2.57. The summed E-state index contributed by atoms with van der Waals surface area (Å²) in [5.74, 6) is 0.326. The van der Waals surface area contributed by atoms with Crippen LogP contribution in [0.2, 0.25) is 0 Å². The van der Waals surface area contributed by atoms with E-state index in [4.69, 9.17) is 4.42 Å². The molecular formula is C16H17FN2O2. The van der Waals surface area contributed by atoms with Gasteiger partial charge in [0.15, 0.2) is 5.76 Å². The first-order valence-electron chi connectivity index (χ1n) is 7.10. The van der Waals surface area contributed by atoms with Gasteiger partial charge in [-0.15, -0.1) is 0 Å². The first-order valence-corrected chi connectivity index (χ1v) is 7.10. The highest BCUT2D eigenvalue weighted by Crippen LogP contribution is 2.22. The van der Waals surface area contributed by atoms with E-state index in [1.54, 1.807) is 24.3 Å². The van der Waals surface area contributed by atoms with Crippen LogP contribution in [0.3, 0.4) is 0 Å². The van der Waals surface area contributed by atoms with Crippen LogP contribution in [0.15, 0.2) is 40.8 Å². The SMILES string of the molecule is O=C(NC1CCCNC1)c1ccc(-c2ccc(F)cc2)o1. The van der Waals surface area contributed by atoms with Crippen molar-refractivity contribution in [3.63, 3.8) is 0 Å². The van der Waals surface area contributed by atoms with Crippen LogP contribution in [-0.4, -0.2) is 25.0 Å². The lowest BCUT2D eigenvalue weighted by atomic mass is 10.1. The van der Waals surface area contributed by atoms with Gasteiger partial charge < -0.3 is 15.1 Å². The minimum Gasteiger partial charge on any atom is -0.451 e. The zero-order valence-electron chi connectivity index (χ0n) is 11.6. The van der Waals surface area contributed by atoms with E-state index in [2.05, 4.69) is 10.6 Å². The minimum absolute atomic E-state index is 0.144. The number of nitrogens with one attached hydrogen (secondary N) is 2. The van der Waals surface area contributed by atoms with Crippen LogP contribution in [0.5, 0.6) is 0 Å². The molecule has 0 saturated carbocycles. The fraction of sp³-hybridized carbons (Fsp3) is 0.312. The van der Waals surface area contributed by atoms with Crippen LogP contribution in [0.4, 0.5) is 4.39 Å². The zero-order chi connectivity index (χ0) is 14.7. The second kappa shape index (κ2) is 6.10. The van der Waals surface area contributed by atoms with E-state index in [0.29, 0.717) is 5.76 Å². The van der Waals surface area contributed by atoms with Crippen LogP contribution in [0.1, 0.15) is 23.4 Å². The number of hydrogen-bond donors (Lipinski definition) is 2. The maximum absolute atomic E-state index is 12.9. The Morgan fingerprint density at radius 2 is 2.05 bits per heavy atom. The lowest BCUT2D eigenvalue weighted by Crippen LogP contribution is -2.45. The Morgan fingerprint density at radius 3 is 2.76 bits per heavy atom. The third-order valence-corrected chi connectivity index (χ3v) is 3.59. The van der Waals surface area contributed by atoms with Crippen molar-refractivity contribution in [2.45, 2.75) is 18.9 Å². The highest BCUT2D eigenvalue weighted by Gasteiger charge is 2.18. The topological polar surface area (TPSA) is 54.3 Å². The van der Waals surface area contributed by atoms with Crippen molar-refractivity contribution < 1.29 is 13.6 Å². The molecule has 2 aromatic rings. The summed E-state index contributed by atoms with van der Waals surface area (Å²) in [6.07, 6.45) is 2.04. The van der Waals surface area contributed by atoms with Gasteiger partial charge in [-0.1, -0.05) is 0 Å². The molecule has 1 fully saturated rings. The molecule has 2 heterocycles. The number of furan rings is 1. The number of hydrogen-bond acceptors (Lipinski definition) is 3. The van der Waals surface area contributed by atoms with Gasteiger partial charge in [-0.2, -0.15) is 0 Å². The van der Waals surface area contributed by atoms with Crippen molar-refractivity contribution in [2.75, 3.05) is 13.1 Å². The van der Waals surface area contributed by atoms with Gasteiger partial charge in [-0.05, 0) is 55.8 Å². The molecule has 21 heavy (non-hydrogen) atoms. The summed E-state index contributed by atoms with van der Waals surface area (Å²) >= 11 is 0. The molecule has 1 aromatic heterocycles. The molecule has 0 aliphatic carbocycles. The quantitative estimate of drug-likeness (QED) is 0.912. The number of carbonyl (C=O) groups is 1. The lowest BCUT2D eigenvalue weighted by molar-refractivity contribution is 0.0903. The summed E-state index contributed by atoms with van der Waals surface area (Å²) < 4.78 is 18.5. The Balaban J connectivity index is 1.69. The maximum atomic E-state index is 12.9. The second-order valence-electron chi connectivity index (χ2n) is 5.19. The van der Waals surface area contributed by atoms with Gasteiger partial charge >= 0.3 is 0 Å². The van der Waals surface area contributed by atoms with Crippen LogP contribution in [-0.2, 0) is 0 Å². The summed E-state index contributed by atoms with van der Waals surface area (Å²) in [6.45, 7) is 1.79. The van der Waals surface area contributed by atoms with Crippen molar-refractivity contribution >= 4 is 5.91 Å². The number of benzene rings is 1. The molecule has 1 saturated heterocycles. The molecule has 2 N–H and O–H groups in total. The Kier molecular flexibility index (Phi) is 4.01. The maximum Gasteiger partial charge on any atom is 0.287 e. The molecule has 0 radical (unpaired) electrons. The number of carbonyl (C=O) groups excluding carboxylic acids is 1. The first-order chi connectivity index (χ1) is 10.2. The summed E-state index contributed by atoms with van der Waals surface area (Å²) in [7, 11) is 0. The highest BCUT2D eigenvalue weighted by molar-refractivity contribution is 5.92. The molecule has 1 aliphatic heterocycles. The van der Waals surface area contributed by atoms with Gasteiger partial charge in [-0.25, -0.2) is 4.39 Å². The van der Waals surface area contributed by atoms with Gasteiger partial charge in [0.05, 0.1) is 0 Å². The molecule has 3 rings (SSSR count). The van der Waals surface area contributed by atoms with Crippen LogP contribution < -0.4 is 10.6 Å². The van der Waals surface area contributed by atoms with Crippen molar-refractivity contribution in [1.29, 1.82) is 0 Å². The minimum atomic E-state index is -0.298. The molecule has 1 amide bonds. The number of amides is 1. The molecule has 0 spiro atoms. The molecule has 0 bridgehead atoms. The molecule has 1 unspecified atom stereocenters. The Bertz CT molecular complexity index is 615. The van der Waals surface area contributed by atoms with Gasteiger partial charge in [-0.3, -0.25) is 4.79 Å². The van der Waals surface area contributed by atoms with Crippen LogP contribution in [0.25, 0.3) is 11.3 Å². The van der Waals surface area contributed by atoms with Crippen molar-refractivity contribution in [1.82, 2.24) is 10.6 Å². The van der Waals surface area contributed by atoms with Crippen molar-refractivity contribution in [3.05, 3.63) is 48.0 Å². The number of halogens is 1. The van der Waals surface area contributed by atoms with E-state index in [0.717, 1.165) is 31.5 Å². The van der Waals surface area contributed by atoms with Gasteiger partial charge in [0.2, 0.25) is 0 Å². The van der Waals surface area contributed by atoms with Crippen molar-refractivity contribution in [2.24, 2.45) is 0 Å². The lowest BCUT2D eigenvalue weighted by Gasteiger charge is -2.23. The standard InChI is InChI=1S/C16H17FN2O2/c17-12-5-3-11(4-6-12)14-7-8-15(21-14)16(20)19-13-2-1-9-18-10-13/h3-8,13,18H,1-2,9-10H2,(H,19,20). The molecule has 1 aromatic carbocycles. The Morgan fingerprint density at radius 1 is 1.24 bits per heavy atom. The average molecular weight is 288 g/mol. The number of rotatable bonds is 3. The highest BCUT2D eigenvalue weighted by atomic mass is 19.1. The molecule has 1 aliphatic rings. The van der Waals surface area contributed by atoms with E-state index in [9.17, 15) is 9.18 Å². The summed E-state index contributed by atoms with van der Waals surface area (Å²) in [4.78, 5) is 12.1. The third-order valence-electron chi connectivity index (χ3n) is 3.59. The summed E-state index contributed by atoms with van der Waals surface area (Å²) in [5, 5.41) is 6.20. The molecule has 1 atom stereocenters. The van der Waals surface area contributed by atoms with E-state index in [-0.39, 0.29) is 23.5 Å². The average Bonchev–Trinajstić information content (AvgIpc) is 2.99. The summed E-state index contributed by atoms with van der Waals surface area (Å²) in [6, 6.07) is 9.50. The van der Waals surface area contributed by atoms with Crippen LogP contribution >= 0.6 is 0 Å². The fourth-order valence-corrected chi connectivity index (χ4v) is 2.46. The molecule has 5 heteroatoms. The normalized spacial score (nSPS) is 18.4. The first kappa shape index (κ1) is 13.8. The molecule has 110 valence electrons. The monoisotopic (exact) mass is 288 g/mol. The van der Waals surface area contributed by atoms with E-state index in [1.165, 1.54) is 12.1 Å². The van der Waals surface area contributed by atoms with E-state index >= 15 is 0 Å². The van der Waals surface area contributed by atoms with Gasteiger partial charge in [0.25, 0.3) is 5.91 Å². The predicted molar refractivity (Wildman–Crippen MR) is 77.5 cm³/mol. The smallest absolute Gasteiger partial charge is 0.287 e. The van der Waals surface area contributed by atoms with Crippen LogP contribution in [0, 0.1) is 5.82 Å². The summed E-state index contributed by atoms with van der Waals surface area (Å²) in [5.41, 5.74) is 0.745. The second-order valence-corrected chi connectivity index (χ2v) is 5.19. The number of piperidine rings is 1. The van der Waals surface area contributed by atoms with Gasteiger partial charge in [0, 0.05) is 18.2 Å². The van der Waals surface area contributed by atoms with Gasteiger partial charge in [0.1, 0.15) is 11.6 Å². The Labute approximate surface area is 122 Å². The van der Waals surface area contributed by atoms with E-state index in [1.807, 2.05) is 0 Å². The molecular weight excluding hydrogens is 271 g/mol. The zero-order valence-corrected chi connectivity index (χ0v) is 11.6. The van der Waals surface area contributed by atoms with Crippen molar-refractivity contribution in [3.8, 4) is 11.3 Å². The fourth-order valence-electron chi connectivity index (χ4n) is 2.46. The molecule has 4 nitrogen and oxygen atoms in total. The third kappa shape index (κ3) is 3.31. The Hall–Kier alpha value is -2.14. The van der Waals surface area contributed by atoms with E-state index < -0.39 is 0 Å².